The number of piperidine rings is 1. The van der Waals surface area contributed by atoms with Crippen LogP contribution in [0.5, 0.6) is 0 Å². The van der Waals surface area contributed by atoms with Crippen molar-refractivity contribution in [3.8, 4) is 0 Å². The number of sulfonamides is 1. The van der Waals surface area contributed by atoms with Crippen LogP contribution in [0.2, 0.25) is 0 Å². The molecule has 1 saturated carbocycles. The molecule has 8 heteroatoms. The molecule has 0 unspecified atom stereocenters. The van der Waals surface area contributed by atoms with Gasteiger partial charge in [0.25, 0.3) is 0 Å². The molecule has 2 fully saturated rings. The average Bonchev–Trinajstić information content (AvgIpc) is 3.02. The van der Waals surface area contributed by atoms with Crippen molar-refractivity contribution in [2.75, 3.05) is 13.1 Å². The summed E-state index contributed by atoms with van der Waals surface area (Å²) in [6, 6.07) is 7.93. The molecule has 1 aliphatic heterocycles. The first kappa shape index (κ1) is 21.1. The van der Waals surface area contributed by atoms with E-state index in [4.69, 9.17) is 0 Å². The fraction of sp³-hybridized carbons (Fsp3) is 0.545. The first-order valence-electron chi connectivity index (χ1n) is 10.9. The minimum atomic E-state index is -3.71. The Labute approximate surface area is 176 Å². The minimum absolute atomic E-state index is 0.0158. The number of carbonyl (C=O) groups excluding carboxylic acids is 1. The Morgan fingerprint density at radius 1 is 1.00 bits per heavy atom. The average molecular weight is 432 g/mol. The van der Waals surface area contributed by atoms with Crippen LogP contribution in [0, 0.1) is 5.92 Å². The standard InChI is InChI=1S/C22H29N3O4S/c26-21-12-9-16-14-19(10-11-20(16)24-21)30(28,29)25-13-5-6-17(15-25)22(27)23-18-7-3-1-2-4-8-18/h9-12,14,17-18H,1-8,13,15H2,(H,23,27)(H,24,26)/t17-/m1/s1. The predicted molar refractivity (Wildman–Crippen MR) is 116 cm³/mol. The van der Waals surface area contributed by atoms with Crippen molar-refractivity contribution >= 4 is 26.8 Å². The van der Waals surface area contributed by atoms with Crippen molar-refractivity contribution < 1.29 is 13.2 Å². The molecule has 1 saturated heterocycles. The van der Waals surface area contributed by atoms with E-state index < -0.39 is 10.0 Å². The molecule has 1 aromatic heterocycles. The van der Waals surface area contributed by atoms with E-state index in [1.165, 1.54) is 29.3 Å². The molecule has 4 rings (SSSR count). The molecule has 162 valence electrons. The number of hydrogen-bond donors (Lipinski definition) is 2. The zero-order valence-electron chi connectivity index (χ0n) is 17.1. The monoisotopic (exact) mass is 431 g/mol. The summed E-state index contributed by atoms with van der Waals surface area (Å²) < 4.78 is 27.9. The van der Waals surface area contributed by atoms with Crippen LogP contribution in [-0.2, 0) is 14.8 Å². The first-order chi connectivity index (χ1) is 14.4. The number of rotatable bonds is 4. The predicted octanol–water partition coefficient (Wildman–Crippen LogP) is 2.77. The number of fused-ring (bicyclic) bond motifs is 1. The largest absolute Gasteiger partial charge is 0.353 e. The van der Waals surface area contributed by atoms with E-state index in [0.717, 1.165) is 25.7 Å². The third kappa shape index (κ3) is 4.59. The van der Waals surface area contributed by atoms with E-state index in [0.29, 0.717) is 30.3 Å². The highest BCUT2D eigenvalue weighted by atomic mass is 32.2. The molecular weight excluding hydrogens is 402 g/mol. The van der Waals surface area contributed by atoms with Gasteiger partial charge in [-0.25, -0.2) is 8.42 Å². The quantitative estimate of drug-likeness (QED) is 0.727. The Kier molecular flexibility index (Phi) is 6.24. The van der Waals surface area contributed by atoms with Gasteiger partial charge < -0.3 is 10.3 Å². The number of nitrogens with one attached hydrogen (secondary N) is 2. The highest BCUT2D eigenvalue weighted by Gasteiger charge is 2.34. The van der Waals surface area contributed by atoms with E-state index in [-0.39, 0.29) is 34.9 Å². The van der Waals surface area contributed by atoms with Crippen LogP contribution < -0.4 is 10.9 Å². The number of benzene rings is 1. The zero-order valence-corrected chi connectivity index (χ0v) is 17.9. The highest BCUT2D eigenvalue weighted by Crippen LogP contribution is 2.26. The number of aromatic nitrogens is 1. The molecule has 30 heavy (non-hydrogen) atoms. The smallest absolute Gasteiger partial charge is 0.248 e. The van der Waals surface area contributed by atoms with Crippen molar-refractivity contribution in [1.82, 2.24) is 14.6 Å². The van der Waals surface area contributed by atoms with Gasteiger partial charge in [-0.1, -0.05) is 25.7 Å². The van der Waals surface area contributed by atoms with Crippen molar-refractivity contribution in [2.45, 2.75) is 62.3 Å². The summed E-state index contributed by atoms with van der Waals surface area (Å²) in [7, 11) is -3.71. The van der Waals surface area contributed by atoms with Crippen LogP contribution >= 0.6 is 0 Å². The normalized spacial score (nSPS) is 21.9. The molecule has 1 aromatic carbocycles. The maximum absolute atomic E-state index is 13.2. The van der Waals surface area contributed by atoms with Crippen molar-refractivity contribution in [3.63, 3.8) is 0 Å². The molecule has 2 heterocycles. The molecule has 1 amide bonds. The maximum atomic E-state index is 13.2. The summed E-state index contributed by atoms with van der Waals surface area (Å²) in [4.78, 5) is 27.2. The van der Waals surface area contributed by atoms with Crippen LogP contribution in [-0.4, -0.2) is 42.7 Å². The van der Waals surface area contributed by atoms with Crippen molar-refractivity contribution in [2.24, 2.45) is 5.92 Å². The topological polar surface area (TPSA) is 99.3 Å². The fourth-order valence-electron chi connectivity index (χ4n) is 4.56. The van der Waals surface area contributed by atoms with Crippen LogP contribution in [0.4, 0.5) is 0 Å². The van der Waals surface area contributed by atoms with E-state index in [9.17, 15) is 18.0 Å². The molecule has 7 nitrogen and oxygen atoms in total. The van der Waals surface area contributed by atoms with E-state index >= 15 is 0 Å². The van der Waals surface area contributed by atoms with Crippen molar-refractivity contribution in [3.05, 3.63) is 40.7 Å². The van der Waals surface area contributed by atoms with Gasteiger partial charge in [-0.2, -0.15) is 4.31 Å². The Morgan fingerprint density at radius 2 is 1.77 bits per heavy atom. The molecule has 0 radical (unpaired) electrons. The Hall–Kier alpha value is -2.19. The van der Waals surface area contributed by atoms with Gasteiger partial charge in [-0.15, -0.1) is 0 Å². The number of H-pyrrole nitrogens is 1. The van der Waals surface area contributed by atoms with Gasteiger partial charge in [-0.3, -0.25) is 9.59 Å². The summed E-state index contributed by atoms with van der Waals surface area (Å²) in [5.41, 5.74) is 0.373. The lowest BCUT2D eigenvalue weighted by atomic mass is 9.97. The van der Waals surface area contributed by atoms with Crippen LogP contribution in [0.3, 0.4) is 0 Å². The molecule has 0 bridgehead atoms. The Bertz CT molecular complexity index is 1070. The first-order valence-corrected chi connectivity index (χ1v) is 12.3. The Morgan fingerprint density at radius 3 is 2.53 bits per heavy atom. The van der Waals surface area contributed by atoms with E-state index in [1.807, 2.05) is 0 Å². The number of pyridine rings is 1. The lowest BCUT2D eigenvalue weighted by Gasteiger charge is -2.32. The molecule has 2 N–H and O–H groups in total. The lowest BCUT2D eigenvalue weighted by Crippen LogP contribution is -2.47. The fourth-order valence-corrected chi connectivity index (χ4v) is 6.12. The zero-order chi connectivity index (χ0) is 21.1. The molecular formula is C22H29N3O4S. The summed E-state index contributed by atoms with van der Waals surface area (Å²) in [5, 5.41) is 3.84. The van der Waals surface area contributed by atoms with Crippen molar-refractivity contribution in [1.29, 1.82) is 0 Å². The highest BCUT2D eigenvalue weighted by molar-refractivity contribution is 7.89. The second-order valence-electron chi connectivity index (χ2n) is 8.47. The molecule has 2 aromatic rings. The minimum Gasteiger partial charge on any atom is -0.353 e. The van der Waals surface area contributed by atoms with Crippen LogP contribution in [0.15, 0.2) is 40.0 Å². The van der Waals surface area contributed by atoms with E-state index in [2.05, 4.69) is 10.3 Å². The van der Waals surface area contributed by atoms with Gasteiger partial charge in [0.2, 0.25) is 21.5 Å². The SMILES string of the molecule is O=C(NC1CCCCCC1)[C@@H]1CCCN(S(=O)(=O)c2ccc3[nH]c(=O)ccc3c2)C1. The van der Waals surface area contributed by atoms with Gasteiger partial charge in [0.1, 0.15) is 0 Å². The van der Waals surface area contributed by atoms with Gasteiger partial charge in [0, 0.05) is 30.7 Å². The lowest BCUT2D eigenvalue weighted by molar-refractivity contribution is -0.126. The van der Waals surface area contributed by atoms with Crippen LogP contribution in [0.1, 0.15) is 51.4 Å². The Balaban J connectivity index is 1.48. The number of aromatic amines is 1. The summed E-state index contributed by atoms with van der Waals surface area (Å²) in [5.74, 6) is -0.327. The van der Waals surface area contributed by atoms with Crippen LogP contribution in [0.25, 0.3) is 10.9 Å². The summed E-state index contributed by atoms with van der Waals surface area (Å²) in [6.07, 6.45) is 8.14. The van der Waals surface area contributed by atoms with Gasteiger partial charge in [-0.05, 0) is 55.3 Å². The van der Waals surface area contributed by atoms with Gasteiger partial charge in [0.15, 0.2) is 0 Å². The number of amides is 1. The summed E-state index contributed by atoms with van der Waals surface area (Å²) in [6.45, 7) is 0.629. The van der Waals surface area contributed by atoms with Gasteiger partial charge in [0.05, 0.1) is 10.8 Å². The maximum Gasteiger partial charge on any atom is 0.248 e. The molecule has 2 aliphatic rings. The molecule has 1 atom stereocenters. The van der Waals surface area contributed by atoms with E-state index in [1.54, 1.807) is 18.2 Å². The second-order valence-corrected chi connectivity index (χ2v) is 10.4. The molecule has 0 spiro atoms. The second kappa shape index (κ2) is 8.89. The number of hydrogen-bond acceptors (Lipinski definition) is 4. The summed E-state index contributed by atoms with van der Waals surface area (Å²) >= 11 is 0. The number of carbonyl (C=O) groups is 1. The third-order valence-corrected chi connectivity index (χ3v) is 8.15. The third-order valence-electron chi connectivity index (χ3n) is 6.29. The van der Waals surface area contributed by atoms with Gasteiger partial charge >= 0.3 is 0 Å². The molecule has 1 aliphatic carbocycles. The number of nitrogens with zero attached hydrogens (tertiary/aromatic N) is 1.